The summed E-state index contributed by atoms with van der Waals surface area (Å²) >= 11 is 0. The summed E-state index contributed by atoms with van der Waals surface area (Å²) in [5.74, 6) is -0.350. The Morgan fingerprint density at radius 3 is 2.43 bits per heavy atom. The highest BCUT2D eigenvalue weighted by atomic mass is 35.7. The molecule has 4 nitrogen and oxygen atoms in total. The summed E-state index contributed by atoms with van der Waals surface area (Å²) in [7, 11) is -1.87. The number of hydrogen-bond acceptors (Lipinski definition) is 4. The second kappa shape index (κ2) is 3.83. The van der Waals surface area contributed by atoms with Gasteiger partial charge in [0, 0.05) is 10.7 Å². The van der Waals surface area contributed by atoms with Crippen molar-refractivity contribution in [2.75, 3.05) is 11.5 Å². The quantitative estimate of drug-likeness (QED) is 0.552. The molecule has 7 heteroatoms. The normalized spacial score (nSPS) is 26.2. The van der Waals surface area contributed by atoms with Crippen LogP contribution in [0.15, 0.2) is 12.2 Å². The average molecular weight is 259 g/mol. The van der Waals surface area contributed by atoms with Gasteiger partial charge in [0.2, 0.25) is 9.05 Å². The molecule has 1 heterocycles. The van der Waals surface area contributed by atoms with Crippen LogP contribution in [0.4, 0.5) is 0 Å². The van der Waals surface area contributed by atoms with Crippen LogP contribution in [0.2, 0.25) is 0 Å². The first-order chi connectivity index (χ1) is 6.22. The molecule has 0 spiro atoms. The maximum atomic E-state index is 11.4. The topological polar surface area (TPSA) is 68.3 Å². The van der Waals surface area contributed by atoms with E-state index in [1.165, 1.54) is 0 Å². The summed E-state index contributed by atoms with van der Waals surface area (Å²) in [6, 6.07) is 0. The highest BCUT2D eigenvalue weighted by molar-refractivity contribution is 8.13. The minimum Gasteiger partial charge on any atom is -0.228 e. The third-order valence-electron chi connectivity index (χ3n) is 2.14. The molecule has 0 radical (unpaired) electrons. The minimum absolute atomic E-state index is 0.110. The monoisotopic (exact) mass is 258 g/mol. The van der Waals surface area contributed by atoms with Crippen LogP contribution in [0.25, 0.3) is 0 Å². The number of hydrogen-bond donors (Lipinski definition) is 0. The summed E-state index contributed by atoms with van der Waals surface area (Å²) in [5, 5.41) is -0.726. The van der Waals surface area contributed by atoms with Gasteiger partial charge in [0.05, 0.1) is 16.8 Å². The van der Waals surface area contributed by atoms with Crippen molar-refractivity contribution in [2.45, 2.75) is 18.1 Å². The van der Waals surface area contributed by atoms with Gasteiger partial charge in [-0.2, -0.15) is 0 Å². The molecule has 1 aliphatic rings. The van der Waals surface area contributed by atoms with E-state index in [0.717, 1.165) is 0 Å². The van der Waals surface area contributed by atoms with E-state index < -0.39 is 29.9 Å². The molecule has 0 N–H and O–H groups in total. The van der Waals surface area contributed by atoms with Gasteiger partial charge in [-0.1, -0.05) is 6.58 Å². The van der Waals surface area contributed by atoms with Crippen LogP contribution in [0, 0.1) is 0 Å². The molecular weight excluding hydrogens is 248 g/mol. The highest BCUT2D eigenvalue weighted by Crippen LogP contribution is 2.26. The lowest BCUT2D eigenvalue weighted by Crippen LogP contribution is -2.21. The lowest BCUT2D eigenvalue weighted by Gasteiger charge is -2.10. The van der Waals surface area contributed by atoms with E-state index >= 15 is 0 Å². The summed E-state index contributed by atoms with van der Waals surface area (Å²) in [6.07, 6.45) is 1.02. The van der Waals surface area contributed by atoms with Crippen LogP contribution in [-0.2, 0) is 18.9 Å². The zero-order valence-corrected chi connectivity index (χ0v) is 9.83. The average Bonchev–Trinajstić information content (AvgIpc) is 2.25. The summed E-state index contributed by atoms with van der Waals surface area (Å²) in [6.45, 7) is 3.47. The van der Waals surface area contributed by atoms with E-state index in [0.29, 0.717) is 12.8 Å². The highest BCUT2D eigenvalue weighted by Gasteiger charge is 2.34. The second-order valence-electron chi connectivity index (χ2n) is 3.34. The van der Waals surface area contributed by atoms with E-state index in [9.17, 15) is 16.8 Å². The SMILES string of the molecule is C=C(CS(=O)(=O)Cl)C1CCCS1(=O)=O. The van der Waals surface area contributed by atoms with Crippen LogP contribution in [0.5, 0.6) is 0 Å². The van der Waals surface area contributed by atoms with Crippen molar-refractivity contribution < 1.29 is 16.8 Å². The van der Waals surface area contributed by atoms with Crippen molar-refractivity contribution in [1.29, 1.82) is 0 Å². The molecule has 82 valence electrons. The van der Waals surface area contributed by atoms with Crippen molar-refractivity contribution in [3.8, 4) is 0 Å². The Bertz CT molecular complexity index is 434. The third-order valence-corrected chi connectivity index (χ3v) is 5.48. The van der Waals surface area contributed by atoms with Crippen molar-refractivity contribution in [2.24, 2.45) is 0 Å². The van der Waals surface area contributed by atoms with Gasteiger partial charge in [-0.3, -0.25) is 0 Å². The second-order valence-corrected chi connectivity index (χ2v) is 8.42. The Balaban J connectivity index is 2.82. The Morgan fingerprint density at radius 1 is 1.50 bits per heavy atom. The number of halogens is 1. The first-order valence-corrected chi connectivity index (χ1v) is 8.23. The molecule has 0 aromatic rings. The van der Waals surface area contributed by atoms with E-state index in [4.69, 9.17) is 10.7 Å². The van der Waals surface area contributed by atoms with Gasteiger partial charge >= 0.3 is 0 Å². The van der Waals surface area contributed by atoms with Crippen molar-refractivity contribution in [3.05, 3.63) is 12.2 Å². The fraction of sp³-hybridized carbons (Fsp3) is 0.714. The van der Waals surface area contributed by atoms with Crippen molar-refractivity contribution in [1.82, 2.24) is 0 Å². The van der Waals surface area contributed by atoms with Crippen molar-refractivity contribution >= 4 is 29.6 Å². The van der Waals surface area contributed by atoms with Crippen LogP contribution in [-0.4, -0.2) is 33.6 Å². The Morgan fingerprint density at radius 2 is 2.07 bits per heavy atom. The molecule has 1 rings (SSSR count). The van der Waals surface area contributed by atoms with Crippen LogP contribution in [0.3, 0.4) is 0 Å². The zero-order chi connectivity index (χ0) is 11.0. The van der Waals surface area contributed by atoms with Gasteiger partial charge in [-0.05, 0) is 18.4 Å². The molecule has 1 aliphatic heterocycles. The molecule has 0 saturated carbocycles. The lowest BCUT2D eigenvalue weighted by atomic mass is 10.1. The predicted octanol–water partition coefficient (Wildman–Crippen LogP) is 0.688. The third kappa shape index (κ3) is 2.96. The molecule has 1 unspecified atom stereocenters. The van der Waals surface area contributed by atoms with E-state index in [1.807, 2.05) is 0 Å². The van der Waals surface area contributed by atoms with Crippen LogP contribution in [0.1, 0.15) is 12.8 Å². The first-order valence-electron chi connectivity index (χ1n) is 4.04. The molecule has 1 fully saturated rings. The molecular formula is C7H11ClO4S2. The predicted molar refractivity (Wildman–Crippen MR) is 55.6 cm³/mol. The maximum absolute atomic E-state index is 11.4. The lowest BCUT2D eigenvalue weighted by molar-refractivity contribution is 0.595. The van der Waals surface area contributed by atoms with Gasteiger partial charge in [0.15, 0.2) is 9.84 Å². The fourth-order valence-electron chi connectivity index (χ4n) is 1.56. The minimum atomic E-state index is -3.70. The van der Waals surface area contributed by atoms with Gasteiger partial charge in [0.25, 0.3) is 0 Å². The zero-order valence-electron chi connectivity index (χ0n) is 7.44. The maximum Gasteiger partial charge on any atom is 0.236 e. The Kier molecular flexibility index (Phi) is 3.28. The fourth-order valence-corrected chi connectivity index (χ4v) is 4.70. The Labute approximate surface area is 88.3 Å². The molecule has 0 amide bonds. The standard InChI is InChI=1S/C7H11ClO4S2/c1-6(5-14(8,11)12)7-3-2-4-13(7,9)10/h7H,1-5H2. The summed E-state index contributed by atoms with van der Waals surface area (Å²) < 4.78 is 44.2. The molecule has 1 atom stereocenters. The van der Waals surface area contributed by atoms with E-state index in [-0.39, 0.29) is 11.3 Å². The van der Waals surface area contributed by atoms with Crippen molar-refractivity contribution in [3.63, 3.8) is 0 Å². The van der Waals surface area contributed by atoms with E-state index in [1.54, 1.807) is 0 Å². The molecule has 14 heavy (non-hydrogen) atoms. The molecule has 0 bridgehead atoms. The smallest absolute Gasteiger partial charge is 0.228 e. The van der Waals surface area contributed by atoms with Gasteiger partial charge in [-0.15, -0.1) is 0 Å². The molecule has 1 saturated heterocycles. The van der Waals surface area contributed by atoms with Gasteiger partial charge in [0.1, 0.15) is 0 Å². The summed E-state index contributed by atoms with van der Waals surface area (Å²) in [5.41, 5.74) is 0.178. The van der Waals surface area contributed by atoms with Crippen LogP contribution < -0.4 is 0 Å². The summed E-state index contributed by atoms with van der Waals surface area (Å²) in [4.78, 5) is 0. The molecule has 0 aliphatic carbocycles. The van der Waals surface area contributed by atoms with Crippen LogP contribution >= 0.6 is 10.7 Å². The number of sulfone groups is 1. The molecule has 0 aromatic carbocycles. The van der Waals surface area contributed by atoms with E-state index in [2.05, 4.69) is 6.58 Å². The number of rotatable bonds is 3. The first kappa shape index (κ1) is 12.0. The van der Waals surface area contributed by atoms with Gasteiger partial charge in [-0.25, -0.2) is 16.8 Å². The largest absolute Gasteiger partial charge is 0.236 e. The van der Waals surface area contributed by atoms with Gasteiger partial charge < -0.3 is 0 Å². The molecule has 0 aromatic heterocycles. The Hall–Kier alpha value is -0.0700.